The minimum atomic E-state index is 0.130. The zero-order chi connectivity index (χ0) is 12.1. The Kier molecular flexibility index (Phi) is 4.61. The first-order chi connectivity index (χ1) is 7.60. The van der Waals surface area contributed by atoms with Crippen LogP contribution >= 0.6 is 15.9 Å². The number of amidine groups is 1. The number of hydrogen-bond acceptors (Lipinski definition) is 3. The number of nitrogens with two attached hydrogens (primary N) is 1. The Morgan fingerprint density at radius 1 is 1.56 bits per heavy atom. The SMILES string of the molecule is CCCN(C)c1cc(Br)ccc1/C(N)=N/O. The number of hydrogen-bond donors (Lipinski definition) is 2. The molecule has 1 aromatic carbocycles. The highest BCUT2D eigenvalue weighted by Gasteiger charge is 2.10. The van der Waals surface area contributed by atoms with E-state index in [1.54, 1.807) is 0 Å². The van der Waals surface area contributed by atoms with Gasteiger partial charge in [0.2, 0.25) is 0 Å². The normalized spacial score (nSPS) is 11.6. The molecule has 0 amide bonds. The maximum atomic E-state index is 8.73. The van der Waals surface area contributed by atoms with Crippen LogP contribution in [0, 0.1) is 0 Å². The second-order valence-corrected chi connectivity index (χ2v) is 4.48. The van der Waals surface area contributed by atoms with E-state index in [0.717, 1.165) is 28.7 Å². The second kappa shape index (κ2) is 5.75. The number of anilines is 1. The van der Waals surface area contributed by atoms with Crippen LogP contribution in [-0.4, -0.2) is 24.6 Å². The van der Waals surface area contributed by atoms with Gasteiger partial charge in [-0.05, 0) is 24.6 Å². The highest BCUT2D eigenvalue weighted by atomic mass is 79.9. The molecule has 5 heteroatoms. The predicted octanol–water partition coefficient (Wildman–Crippen LogP) is 2.39. The Hall–Kier alpha value is -1.23. The lowest BCUT2D eigenvalue weighted by Gasteiger charge is -2.21. The Morgan fingerprint density at radius 3 is 2.81 bits per heavy atom. The predicted molar refractivity (Wildman–Crippen MR) is 70.2 cm³/mol. The third-order valence-corrected chi connectivity index (χ3v) is 2.81. The molecule has 0 saturated heterocycles. The van der Waals surface area contributed by atoms with Crippen LogP contribution in [0.1, 0.15) is 18.9 Å². The Balaban J connectivity index is 3.17. The standard InChI is InChI=1S/C11H16BrN3O/c1-3-6-15(2)10-7-8(12)4-5-9(10)11(13)14-16/h4-5,7,16H,3,6H2,1-2H3,(H2,13,14). The van der Waals surface area contributed by atoms with Crippen molar-refractivity contribution in [2.24, 2.45) is 10.9 Å². The summed E-state index contributed by atoms with van der Waals surface area (Å²) in [6.07, 6.45) is 1.04. The number of oxime groups is 1. The van der Waals surface area contributed by atoms with E-state index in [4.69, 9.17) is 10.9 Å². The zero-order valence-corrected chi connectivity index (χ0v) is 11.0. The van der Waals surface area contributed by atoms with Crippen LogP contribution in [-0.2, 0) is 0 Å². The minimum absolute atomic E-state index is 0.130. The maximum Gasteiger partial charge on any atom is 0.172 e. The summed E-state index contributed by atoms with van der Waals surface area (Å²) in [7, 11) is 1.99. The van der Waals surface area contributed by atoms with Gasteiger partial charge in [-0.1, -0.05) is 28.0 Å². The molecule has 4 nitrogen and oxygen atoms in total. The van der Waals surface area contributed by atoms with E-state index in [9.17, 15) is 0 Å². The smallest absolute Gasteiger partial charge is 0.172 e. The topological polar surface area (TPSA) is 61.8 Å². The van der Waals surface area contributed by atoms with E-state index >= 15 is 0 Å². The van der Waals surface area contributed by atoms with Crippen molar-refractivity contribution < 1.29 is 5.21 Å². The summed E-state index contributed by atoms with van der Waals surface area (Å²) >= 11 is 3.42. The summed E-state index contributed by atoms with van der Waals surface area (Å²) in [6, 6.07) is 5.67. The molecular formula is C11H16BrN3O. The number of halogens is 1. The molecule has 1 rings (SSSR count). The van der Waals surface area contributed by atoms with E-state index < -0.39 is 0 Å². The van der Waals surface area contributed by atoms with Gasteiger partial charge in [0.15, 0.2) is 5.84 Å². The van der Waals surface area contributed by atoms with Crippen molar-refractivity contribution in [1.82, 2.24) is 0 Å². The molecule has 0 heterocycles. The van der Waals surface area contributed by atoms with Crippen LogP contribution in [0.2, 0.25) is 0 Å². The Bertz CT molecular complexity index is 393. The van der Waals surface area contributed by atoms with Crippen LogP contribution in [0.25, 0.3) is 0 Å². The monoisotopic (exact) mass is 285 g/mol. The Labute approximate surface area is 104 Å². The quantitative estimate of drug-likeness (QED) is 0.386. The van der Waals surface area contributed by atoms with E-state index in [1.165, 1.54) is 0 Å². The summed E-state index contributed by atoms with van der Waals surface area (Å²) in [5.74, 6) is 0.130. The third kappa shape index (κ3) is 2.88. The molecule has 88 valence electrons. The van der Waals surface area contributed by atoms with E-state index in [2.05, 4.69) is 32.9 Å². The zero-order valence-electron chi connectivity index (χ0n) is 9.44. The van der Waals surface area contributed by atoms with E-state index in [1.807, 2.05) is 25.2 Å². The molecular weight excluding hydrogens is 270 g/mol. The van der Waals surface area contributed by atoms with Crippen molar-refractivity contribution in [2.75, 3.05) is 18.5 Å². The van der Waals surface area contributed by atoms with Gasteiger partial charge in [0.25, 0.3) is 0 Å². The molecule has 0 aliphatic rings. The lowest BCUT2D eigenvalue weighted by molar-refractivity contribution is 0.318. The summed E-state index contributed by atoms with van der Waals surface area (Å²) < 4.78 is 0.972. The van der Waals surface area contributed by atoms with Gasteiger partial charge in [-0.25, -0.2) is 0 Å². The number of nitrogens with zero attached hydrogens (tertiary/aromatic N) is 2. The summed E-state index contributed by atoms with van der Waals surface area (Å²) in [5.41, 5.74) is 7.33. The first kappa shape index (κ1) is 12.8. The molecule has 16 heavy (non-hydrogen) atoms. The van der Waals surface area contributed by atoms with Gasteiger partial charge in [-0.3, -0.25) is 0 Å². The van der Waals surface area contributed by atoms with Gasteiger partial charge in [0.1, 0.15) is 0 Å². The van der Waals surface area contributed by atoms with Crippen molar-refractivity contribution >= 4 is 27.5 Å². The summed E-state index contributed by atoms with van der Waals surface area (Å²) in [4.78, 5) is 2.08. The number of rotatable bonds is 4. The molecule has 0 fully saturated rings. The van der Waals surface area contributed by atoms with Crippen LogP contribution < -0.4 is 10.6 Å². The summed E-state index contributed by atoms with van der Waals surface area (Å²) in [5, 5.41) is 11.8. The number of benzene rings is 1. The molecule has 0 aliphatic carbocycles. The molecule has 0 bridgehead atoms. The van der Waals surface area contributed by atoms with Gasteiger partial charge in [-0.15, -0.1) is 0 Å². The van der Waals surface area contributed by atoms with Crippen molar-refractivity contribution in [3.63, 3.8) is 0 Å². The van der Waals surface area contributed by atoms with Crippen molar-refractivity contribution in [3.8, 4) is 0 Å². The molecule has 0 unspecified atom stereocenters. The fourth-order valence-electron chi connectivity index (χ4n) is 1.55. The average Bonchev–Trinajstić information content (AvgIpc) is 2.28. The lowest BCUT2D eigenvalue weighted by atomic mass is 10.1. The van der Waals surface area contributed by atoms with Crippen molar-refractivity contribution in [3.05, 3.63) is 28.2 Å². The Morgan fingerprint density at radius 2 is 2.25 bits per heavy atom. The highest BCUT2D eigenvalue weighted by molar-refractivity contribution is 9.10. The average molecular weight is 286 g/mol. The minimum Gasteiger partial charge on any atom is -0.409 e. The fourth-order valence-corrected chi connectivity index (χ4v) is 1.90. The van der Waals surface area contributed by atoms with Gasteiger partial charge in [0.05, 0.1) is 0 Å². The molecule has 1 aromatic rings. The molecule has 0 aromatic heterocycles. The van der Waals surface area contributed by atoms with Crippen molar-refractivity contribution in [2.45, 2.75) is 13.3 Å². The maximum absolute atomic E-state index is 8.73. The first-order valence-electron chi connectivity index (χ1n) is 5.08. The second-order valence-electron chi connectivity index (χ2n) is 3.57. The molecule has 0 spiro atoms. The first-order valence-corrected chi connectivity index (χ1v) is 5.88. The van der Waals surface area contributed by atoms with Gasteiger partial charge in [0, 0.05) is 29.3 Å². The summed E-state index contributed by atoms with van der Waals surface area (Å²) in [6.45, 7) is 3.03. The molecule has 0 saturated carbocycles. The van der Waals surface area contributed by atoms with Crippen LogP contribution in [0.4, 0.5) is 5.69 Å². The van der Waals surface area contributed by atoms with Gasteiger partial charge in [-0.2, -0.15) is 0 Å². The van der Waals surface area contributed by atoms with Crippen molar-refractivity contribution in [1.29, 1.82) is 0 Å². The van der Waals surface area contributed by atoms with Crippen LogP contribution in [0.5, 0.6) is 0 Å². The van der Waals surface area contributed by atoms with Gasteiger partial charge < -0.3 is 15.8 Å². The van der Waals surface area contributed by atoms with E-state index in [-0.39, 0.29) is 5.84 Å². The van der Waals surface area contributed by atoms with Gasteiger partial charge >= 0.3 is 0 Å². The fraction of sp³-hybridized carbons (Fsp3) is 0.364. The molecule has 3 N–H and O–H groups in total. The largest absolute Gasteiger partial charge is 0.409 e. The van der Waals surface area contributed by atoms with Crippen LogP contribution in [0.3, 0.4) is 0 Å². The van der Waals surface area contributed by atoms with Crippen LogP contribution in [0.15, 0.2) is 27.8 Å². The molecule has 0 radical (unpaired) electrons. The van der Waals surface area contributed by atoms with E-state index in [0.29, 0.717) is 0 Å². The molecule has 0 aliphatic heterocycles. The lowest BCUT2D eigenvalue weighted by Crippen LogP contribution is -2.23. The highest BCUT2D eigenvalue weighted by Crippen LogP contribution is 2.24. The molecule has 0 atom stereocenters. The third-order valence-electron chi connectivity index (χ3n) is 2.31.